The van der Waals surface area contributed by atoms with E-state index in [9.17, 15) is 19.2 Å². The number of nitrogens with zero attached hydrogens (tertiary/aromatic N) is 2. The van der Waals surface area contributed by atoms with Gasteiger partial charge < -0.3 is 14.4 Å². The molecule has 192 valence electrons. The topological polar surface area (TPSA) is 93.2 Å². The van der Waals surface area contributed by atoms with E-state index in [2.05, 4.69) is 0 Å². The molecule has 2 aromatic rings. The molecule has 0 radical (unpaired) electrons. The Hall–Kier alpha value is -3.65. The highest BCUT2D eigenvalue weighted by Crippen LogP contribution is 2.42. The summed E-state index contributed by atoms with van der Waals surface area (Å²) < 4.78 is 10.9. The third-order valence-electron chi connectivity index (χ3n) is 7.39. The first kappa shape index (κ1) is 25.0. The predicted octanol–water partition coefficient (Wildman–Crippen LogP) is 4.32. The minimum absolute atomic E-state index is 0.00121. The van der Waals surface area contributed by atoms with Gasteiger partial charge in [-0.05, 0) is 61.2 Å². The zero-order chi connectivity index (χ0) is 26.4. The van der Waals surface area contributed by atoms with Crippen LogP contribution in [0, 0.1) is 30.6 Å². The molecule has 2 aromatic carbocycles. The highest BCUT2D eigenvalue weighted by atomic mass is 35.5. The number of benzene rings is 2. The molecule has 0 spiro atoms. The van der Waals surface area contributed by atoms with Gasteiger partial charge in [-0.2, -0.15) is 0 Å². The fraction of sp³-hybridized carbons (Fsp3) is 0.357. The molecule has 1 aliphatic carbocycles. The number of anilines is 2. The lowest BCUT2D eigenvalue weighted by molar-refractivity contribution is -0.139. The normalized spacial score (nSPS) is 25.0. The van der Waals surface area contributed by atoms with Crippen LogP contribution >= 0.6 is 11.6 Å². The van der Waals surface area contributed by atoms with Crippen LogP contribution in [-0.2, 0) is 19.2 Å². The molecule has 0 N–H and O–H groups in total. The summed E-state index contributed by atoms with van der Waals surface area (Å²) in [7, 11) is 1.50. The Labute approximate surface area is 219 Å². The molecular formula is C28H27ClN2O6. The average molecular weight is 523 g/mol. The molecule has 0 saturated carbocycles. The van der Waals surface area contributed by atoms with Crippen LogP contribution in [0.15, 0.2) is 48.6 Å². The van der Waals surface area contributed by atoms with Crippen molar-refractivity contribution in [3.05, 3.63) is 59.1 Å². The average Bonchev–Trinajstić information content (AvgIpc) is 3.37. The van der Waals surface area contributed by atoms with Gasteiger partial charge in [0.2, 0.25) is 17.7 Å². The number of rotatable bonds is 5. The Morgan fingerprint density at radius 2 is 1.84 bits per heavy atom. The van der Waals surface area contributed by atoms with E-state index in [1.807, 2.05) is 19.1 Å². The maximum Gasteiger partial charge on any atom is 0.316 e. The van der Waals surface area contributed by atoms with Crippen molar-refractivity contribution < 1.29 is 28.7 Å². The molecule has 8 nitrogen and oxygen atoms in total. The summed E-state index contributed by atoms with van der Waals surface area (Å²) in [5.41, 5.74) is 1.63. The number of amides is 3. The number of hydrogen-bond acceptors (Lipinski definition) is 6. The van der Waals surface area contributed by atoms with Gasteiger partial charge in [0.1, 0.15) is 11.5 Å². The molecule has 2 aliphatic heterocycles. The Balaban J connectivity index is 1.30. The predicted molar refractivity (Wildman–Crippen MR) is 138 cm³/mol. The van der Waals surface area contributed by atoms with Gasteiger partial charge >= 0.3 is 5.97 Å². The number of halogens is 1. The number of ether oxygens (including phenoxy) is 2. The summed E-state index contributed by atoms with van der Waals surface area (Å²) in [6.45, 7) is 3.86. The van der Waals surface area contributed by atoms with E-state index in [1.54, 1.807) is 43.3 Å². The monoisotopic (exact) mass is 522 g/mol. The van der Waals surface area contributed by atoms with Crippen molar-refractivity contribution in [1.29, 1.82) is 0 Å². The van der Waals surface area contributed by atoms with Crippen molar-refractivity contribution in [3.8, 4) is 11.5 Å². The van der Waals surface area contributed by atoms with Crippen molar-refractivity contribution in [2.75, 3.05) is 23.5 Å². The van der Waals surface area contributed by atoms with Gasteiger partial charge in [0.25, 0.3) is 0 Å². The second-order valence-corrected chi connectivity index (χ2v) is 10.2. The number of fused-ring (bicyclic) bond motifs is 1. The third kappa shape index (κ3) is 4.39. The summed E-state index contributed by atoms with van der Waals surface area (Å²) in [5.74, 6) is -1.76. The fourth-order valence-corrected chi connectivity index (χ4v) is 5.67. The summed E-state index contributed by atoms with van der Waals surface area (Å²) in [6.07, 6.45) is 4.51. The lowest BCUT2D eigenvalue weighted by Gasteiger charge is -2.22. The molecule has 0 bridgehead atoms. The minimum Gasteiger partial charge on any atom is -0.495 e. The van der Waals surface area contributed by atoms with Gasteiger partial charge in [0.05, 0.1) is 36.2 Å². The maximum atomic E-state index is 13.1. The van der Waals surface area contributed by atoms with Gasteiger partial charge in [-0.1, -0.05) is 30.7 Å². The van der Waals surface area contributed by atoms with E-state index in [0.29, 0.717) is 34.1 Å². The first-order valence-electron chi connectivity index (χ1n) is 12.2. The fourth-order valence-electron chi connectivity index (χ4n) is 5.50. The highest BCUT2D eigenvalue weighted by Gasteiger charge is 2.50. The van der Waals surface area contributed by atoms with E-state index in [1.165, 1.54) is 16.9 Å². The standard InChI is InChI=1S/C28H27ClN2O6/c1-15-5-4-6-20-25(15)27(34)31(26(20)33)21-9-8-19(11-16(21)2)37-28(35)17-12-24(32)30(14-17)22-13-18(29)7-10-23(22)36-3/h4-5,7-11,13,15,17,20,25H,6,12,14H2,1-3H3/t15-,17+,20+,25+/m0/s1. The lowest BCUT2D eigenvalue weighted by atomic mass is 9.78. The molecule has 3 aliphatic rings. The van der Waals surface area contributed by atoms with Crippen molar-refractivity contribution in [1.82, 2.24) is 0 Å². The van der Waals surface area contributed by atoms with Gasteiger partial charge in [-0.15, -0.1) is 0 Å². The van der Waals surface area contributed by atoms with Crippen LogP contribution < -0.4 is 19.3 Å². The first-order valence-corrected chi connectivity index (χ1v) is 12.6. The summed E-state index contributed by atoms with van der Waals surface area (Å²) in [4.78, 5) is 54.6. The largest absolute Gasteiger partial charge is 0.495 e. The second-order valence-electron chi connectivity index (χ2n) is 9.76. The number of methoxy groups -OCH3 is 1. The van der Waals surface area contributed by atoms with Crippen LogP contribution in [0.4, 0.5) is 11.4 Å². The first-order chi connectivity index (χ1) is 17.7. The van der Waals surface area contributed by atoms with Crippen LogP contribution in [0.1, 0.15) is 25.3 Å². The molecular weight excluding hydrogens is 496 g/mol. The molecule has 2 fully saturated rings. The van der Waals surface area contributed by atoms with Crippen LogP contribution in [-0.4, -0.2) is 37.3 Å². The van der Waals surface area contributed by atoms with E-state index in [4.69, 9.17) is 21.1 Å². The summed E-state index contributed by atoms with van der Waals surface area (Å²) in [6, 6.07) is 9.79. The number of allylic oxidation sites excluding steroid dienone is 2. The minimum atomic E-state index is -0.671. The molecule has 5 rings (SSSR count). The molecule has 37 heavy (non-hydrogen) atoms. The third-order valence-corrected chi connectivity index (χ3v) is 7.63. The van der Waals surface area contributed by atoms with Crippen LogP contribution in [0.3, 0.4) is 0 Å². The SMILES string of the molecule is COc1ccc(Cl)cc1N1C[C@H](C(=O)Oc2ccc(N3C(=O)[C@@H]4[C@@H](C)C=CC[C@H]4C3=O)c(C)c2)CC1=O. The van der Waals surface area contributed by atoms with E-state index < -0.39 is 11.9 Å². The molecule has 2 heterocycles. The number of esters is 1. The van der Waals surface area contributed by atoms with Gasteiger partial charge in [-0.25, -0.2) is 4.90 Å². The molecule has 0 aromatic heterocycles. The Morgan fingerprint density at radius 3 is 2.54 bits per heavy atom. The quantitative estimate of drug-likeness (QED) is 0.251. The van der Waals surface area contributed by atoms with Crippen molar-refractivity contribution >= 4 is 46.7 Å². The Kier molecular flexibility index (Phi) is 6.54. The summed E-state index contributed by atoms with van der Waals surface area (Å²) >= 11 is 6.11. The van der Waals surface area contributed by atoms with E-state index >= 15 is 0 Å². The number of aryl methyl sites for hydroxylation is 1. The van der Waals surface area contributed by atoms with E-state index in [0.717, 1.165) is 0 Å². The number of hydrogen-bond donors (Lipinski definition) is 0. The molecule has 0 unspecified atom stereocenters. The van der Waals surface area contributed by atoms with E-state index in [-0.39, 0.29) is 54.2 Å². The van der Waals surface area contributed by atoms with Crippen LogP contribution in [0.5, 0.6) is 11.5 Å². The maximum absolute atomic E-state index is 13.1. The van der Waals surface area contributed by atoms with Crippen molar-refractivity contribution in [2.24, 2.45) is 23.7 Å². The zero-order valence-corrected chi connectivity index (χ0v) is 21.5. The van der Waals surface area contributed by atoms with Crippen molar-refractivity contribution in [2.45, 2.75) is 26.7 Å². The molecule has 9 heteroatoms. The second kappa shape index (κ2) is 9.67. The van der Waals surface area contributed by atoms with Crippen LogP contribution in [0.2, 0.25) is 5.02 Å². The lowest BCUT2D eigenvalue weighted by Crippen LogP contribution is -2.32. The smallest absolute Gasteiger partial charge is 0.316 e. The zero-order valence-electron chi connectivity index (χ0n) is 20.8. The molecule has 2 saturated heterocycles. The van der Waals surface area contributed by atoms with Gasteiger partial charge in [0.15, 0.2) is 0 Å². The number of carbonyl (C=O) groups excluding carboxylic acids is 4. The van der Waals surface area contributed by atoms with Crippen molar-refractivity contribution in [3.63, 3.8) is 0 Å². The Bertz CT molecular complexity index is 1340. The number of imide groups is 1. The number of carbonyl (C=O) groups is 4. The summed E-state index contributed by atoms with van der Waals surface area (Å²) in [5, 5.41) is 0.449. The molecule has 3 amide bonds. The molecule has 4 atom stereocenters. The Morgan fingerprint density at radius 1 is 1.05 bits per heavy atom. The van der Waals surface area contributed by atoms with Crippen LogP contribution in [0.25, 0.3) is 0 Å². The van der Waals surface area contributed by atoms with Gasteiger partial charge in [0, 0.05) is 18.0 Å². The van der Waals surface area contributed by atoms with Gasteiger partial charge in [-0.3, -0.25) is 19.2 Å². The highest BCUT2D eigenvalue weighted by molar-refractivity contribution is 6.31.